The Morgan fingerprint density at radius 2 is 1.27 bits per heavy atom. The molecule has 0 aliphatic carbocycles. The lowest BCUT2D eigenvalue weighted by Crippen LogP contribution is -1.85. The Morgan fingerprint density at radius 3 is 1.73 bits per heavy atom. The Kier molecular flexibility index (Phi) is 4.06. The van der Waals surface area contributed by atoms with E-state index in [2.05, 4.69) is 0 Å². The van der Waals surface area contributed by atoms with Crippen LogP contribution in [0.1, 0.15) is 10.4 Å². The summed E-state index contributed by atoms with van der Waals surface area (Å²) < 4.78 is 32.5. The zero-order chi connectivity index (χ0) is 15.7. The number of hydrogen-bond donors (Lipinski definition) is 0. The zero-order valence-electron chi connectivity index (χ0n) is 11.1. The second kappa shape index (κ2) is 6.00. The van der Waals surface area contributed by atoms with Gasteiger partial charge in [-0.3, -0.25) is 4.79 Å². The number of rotatable bonds is 3. The highest BCUT2D eigenvalue weighted by Gasteiger charge is 2.20. The molecule has 5 heteroatoms. The third-order valence-corrected chi connectivity index (χ3v) is 4.29. The van der Waals surface area contributed by atoms with Crippen LogP contribution in [0.4, 0.5) is 8.78 Å². The normalized spacial score (nSPS) is 10.7. The van der Waals surface area contributed by atoms with E-state index < -0.39 is 0 Å². The smallest absolute Gasteiger partial charge is 0.155 e. The van der Waals surface area contributed by atoms with E-state index >= 15 is 0 Å². The first-order valence-corrected chi connectivity index (χ1v) is 7.47. The molecule has 2 nitrogen and oxygen atoms in total. The highest BCUT2D eigenvalue weighted by molar-refractivity contribution is 14.1. The van der Waals surface area contributed by atoms with Crippen LogP contribution >= 0.6 is 22.6 Å². The fourth-order valence-electron chi connectivity index (χ4n) is 2.13. The molecule has 22 heavy (non-hydrogen) atoms. The van der Waals surface area contributed by atoms with E-state index in [0.29, 0.717) is 38.1 Å². The number of aldehydes is 1. The molecule has 0 amide bonds. The van der Waals surface area contributed by atoms with Gasteiger partial charge in [-0.25, -0.2) is 8.78 Å². The first-order chi connectivity index (χ1) is 10.6. The van der Waals surface area contributed by atoms with E-state index in [1.807, 2.05) is 22.6 Å². The zero-order valence-corrected chi connectivity index (χ0v) is 13.3. The summed E-state index contributed by atoms with van der Waals surface area (Å²) in [5.41, 5.74) is 1.67. The van der Waals surface area contributed by atoms with Crippen LogP contribution in [0.15, 0.2) is 52.9 Å². The molecule has 0 N–H and O–H groups in total. The maximum absolute atomic E-state index is 13.0. The van der Waals surface area contributed by atoms with Crippen molar-refractivity contribution in [1.82, 2.24) is 0 Å². The van der Waals surface area contributed by atoms with Crippen molar-refractivity contribution in [2.24, 2.45) is 0 Å². The van der Waals surface area contributed by atoms with Crippen LogP contribution in [-0.2, 0) is 0 Å². The van der Waals surface area contributed by atoms with E-state index in [-0.39, 0.29) is 11.6 Å². The SMILES string of the molecule is O=Cc1c(-c2ccc(F)cc2)oc(-c2ccc(F)cc2)c1I. The molecule has 0 aliphatic heterocycles. The molecule has 0 unspecified atom stereocenters. The van der Waals surface area contributed by atoms with Crippen LogP contribution < -0.4 is 0 Å². The van der Waals surface area contributed by atoms with Crippen LogP contribution in [0.5, 0.6) is 0 Å². The second-order valence-corrected chi connectivity index (χ2v) is 5.70. The third kappa shape index (κ3) is 2.68. The number of halogens is 3. The lowest BCUT2D eigenvalue weighted by Gasteiger charge is -1.99. The van der Waals surface area contributed by atoms with Crippen molar-refractivity contribution in [3.05, 3.63) is 69.3 Å². The molecule has 1 heterocycles. The maximum Gasteiger partial charge on any atom is 0.155 e. The van der Waals surface area contributed by atoms with Gasteiger partial charge < -0.3 is 4.42 Å². The summed E-state index contributed by atoms with van der Waals surface area (Å²) in [4.78, 5) is 11.4. The summed E-state index contributed by atoms with van der Waals surface area (Å²) >= 11 is 2.01. The van der Waals surface area contributed by atoms with Gasteiger partial charge in [0.2, 0.25) is 0 Å². The molecule has 0 saturated heterocycles. The Bertz CT molecular complexity index is 821. The van der Waals surface area contributed by atoms with Gasteiger partial charge in [0.05, 0.1) is 9.13 Å². The summed E-state index contributed by atoms with van der Waals surface area (Å²) in [6, 6.07) is 11.5. The summed E-state index contributed by atoms with van der Waals surface area (Å²) in [5, 5.41) is 0. The average Bonchev–Trinajstić information content (AvgIpc) is 2.85. The Balaban J connectivity index is 2.16. The molecule has 0 radical (unpaired) electrons. The molecule has 1 aromatic heterocycles. The molecule has 110 valence electrons. The second-order valence-electron chi connectivity index (χ2n) is 4.62. The van der Waals surface area contributed by atoms with Crippen LogP contribution in [0.25, 0.3) is 22.6 Å². The summed E-state index contributed by atoms with van der Waals surface area (Å²) in [7, 11) is 0. The van der Waals surface area contributed by atoms with Crippen LogP contribution in [-0.4, -0.2) is 6.29 Å². The standard InChI is InChI=1S/C17H9F2IO2/c18-12-5-1-10(2-6-12)16-14(9-21)15(20)17(22-16)11-3-7-13(19)8-4-11/h1-9H. The lowest BCUT2D eigenvalue weighted by molar-refractivity contribution is 0.112. The number of carbonyl (C=O) groups excluding carboxylic acids is 1. The van der Waals surface area contributed by atoms with Gasteiger partial charge in [-0.1, -0.05) is 0 Å². The highest BCUT2D eigenvalue weighted by Crippen LogP contribution is 2.37. The van der Waals surface area contributed by atoms with Crippen molar-refractivity contribution < 1.29 is 18.0 Å². The molecule has 0 aliphatic rings. The van der Waals surface area contributed by atoms with Crippen LogP contribution in [0.3, 0.4) is 0 Å². The van der Waals surface area contributed by atoms with Gasteiger partial charge in [-0.15, -0.1) is 0 Å². The first kappa shape index (κ1) is 14.9. The predicted octanol–water partition coefficient (Wildman–Crippen LogP) is 5.31. The van der Waals surface area contributed by atoms with Crippen molar-refractivity contribution in [3.8, 4) is 22.6 Å². The Hall–Kier alpha value is -2.02. The molecule has 3 aromatic rings. The van der Waals surface area contributed by atoms with Gasteiger partial charge in [0, 0.05) is 11.1 Å². The molecule has 0 atom stereocenters. The van der Waals surface area contributed by atoms with Gasteiger partial charge in [0.25, 0.3) is 0 Å². The van der Waals surface area contributed by atoms with Crippen molar-refractivity contribution in [2.75, 3.05) is 0 Å². The van der Waals surface area contributed by atoms with Gasteiger partial charge in [-0.05, 0) is 71.1 Å². The molecule has 2 aromatic carbocycles. The monoisotopic (exact) mass is 410 g/mol. The van der Waals surface area contributed by atoms with Crippen LogP contribution in [0, 0.1) is 15.2 Å². The van der Waals surface area contributed by atoms with Crippen molar-refractivity contribution in [3.63, 3.8) is 0 Å². The number of carbonyl (C=O) groups is 1. The largest absolute Gasteiger partial charge is 0.454 e. The lowest BCUT2D eigenvalue weighted by atomic mass is 10.1. The molecule has 3 rings (SSSR count). The van der Waals surface area contributed by atoms with Crippen molar-refractivity contribution in [2.45, 2.75) is 0 Å². The van der Waals surface area contributed by atoms with E-state index in [9.17, 15) is 13.6 Å². The van der Waals surface area contributed by atoms with E-state index in [1.54, 1.807) is 24.3 Å². The number of benzene rings is 2. The fraction of sp³-hybridized carbons (Fsp3) is 0. The van der Waals surface area contributed by atoms with E-state index in [1.165, 1.54) is 24.3 Å². The minimum atomic E-state index is -0.364. The van der Waals surface area contributed by atoms with Gasteiger partial charge in [0.15, 0.2) is 6.29 Å². The van der Waals surface area contributed by atoms with Crippen molar-refractivity contribution in [1.29, 1.82) is 0 Å². The molecular formula is C17H9F2IO2. The maximum atomic E-state index is 13.0. The highest BCUT2D eigenvalue weighted by atomic mass is 127. The van der Waals surface area contributed by atoms with Crippen molar-refractivity contribution >= 4 is 28.9 Å². The Labute approximate surface area is 138 Å². The van der Waals surface area contributed by atoms with E-state index in [0.717, 1.165) is 0 Å². The molecule has 0 saturated carbocycles. The number of hydrogen-bond acceptors (Lipinski definition) is 2. The first-order valence-electron chi connectivity index (χ1n) is 6.39. The Morgan fingerprint density at radius 1 is 0.818 bits per heavy atom. The van der Waals surface area contributed by atoms with Gasteiger partial charge >= 0.3 is 0 Å². The van der Waals surface area contributed by atoms with E-state index in [4.69, 9.17) is 4.42 Å². The third-order valence-electron chi connectivity index (χ3n) is 3.22. The average molecular weight is 410 g/mol. The molecule has 0 fully saturated rings. The number of furan rings is 1. The minimum Gasteiger partial charge on any atom is -0.454 e. The summed E-state index contributed by atoms with van der Waals surface area (Å²) in [6.07, 6.45) is 0.705. The van der Waals surface area contributed by atoms with Crippen LogP contribution in [0.2, 0.25) is 0 Å². The topological polar surface area (TPSA) is 30.2 Å². The summed E-state index contributed by atoms with van der Waals surface area (Å²) in [5.74, 6) is 0.150. The summed E-state index contributed by atoms with van der Waals surface area (Å²) in [6.45, 7) is 0. The fourth-order valence-corrected chi connectivity index (χ4v) is 2.93. The molecular weight excluding hydrogens is 401 g/mol. The van der Waals surface area contributed by atoms with Gasteiger partial charge in [-0.2, -0.15) is 0 Å². The molecule has 0 bridgehead atoms. The van der Waals surface area contributed by atoms with Gasteiger partial charge in [0.1, 0.15) is 23.2 Å². The quantitative estimate of drug-likeness (QED) is 0.433. The molecule has 0 spiro atoms. The minimum absolute atomic E-state index is 0.348. The predicted molar refractivity (Wildman–Crippen MR) is 87.6 cm³/mol.